The number of aromatic nitrogens is 1. The molecule has 0 unspecified atom stereocenters. The van der Waals surface area contributed by atoms with Crippen LogP contribution in [-0.4, -0.2) is 41.9 Å². The van der Waals surface area contributed by atoms with Gasteiger partial charge in [-0.05, 0) is 49.4 Å². The molecule has 0 saturated carbocycles. The Bertz CT molecular complexity index is 1340. The zero-order valence-electron chi connectivity index (χ0n) is 18.3. The number of nitro groups is 1. The number of anilines is 1. The molecule has 1 N–H and O–H groups in total. The molecule has 3 aromatic carbocycles. The number of phenolic OH excluding ortho intramolecular Hbond substituents is 1. The molecule has 0 radical (unpaired) electrons. The Kier molecular flexibility index (Phi) is 5.95. The van der Waals surface area contributed by atoms with Gasteiger partial charge in [0.25, 0.3) is 5.69 Å². The van der Waals surface area contributed by atoms with Crippen LogP contribution in [-0.2, 0) is 0 Å². The number of phenols is 1. The van der Waals surface area contributed by atoms with Crippen LogP contribution in [0.4, 0.5) is 17.1 Å². The number of rotatable bonds is 7. The number of oxazole rings is 1. The number of hydrogen-bond acceptors (Lipinski definition) is 8. The smallest absolute Gasteiger partial charge is 0.274 e. The standard InChI is InChI=1S/C24H22N4O5/c1-4-32-22-13-19(28(30)31)11-16(23(22)29)14-25-17-7-10-21-20(12-17)26-24(33-21)15-5-8-18(9-6-15)27(2)3/h5-14,29H,4H2,1-3H3. The first kappa shape index (κ1) is 21.8. The Morgan fingerprint density at radius 1 is 1.18 bits per heavy atom. The number of benzene rings is 3. The van der Waals surface area contributed by atoms with E-state index in [2.05, 4.69) is 9.98 Å². The average Bonchev–Trinajstić information content (AvgIpc) is 3.23. The molecule has 0 aliphatic heterocycles. The maximum atomic E-state index is 11.2. The third-order valence-corrected chi connectivity index (χ3v) is 4.95. The van der Waals surface area contributed by atoms with Crippen molar-refractivity contribution in [1.29, 1.82) is 0 Å². The van der Waals surface area contributed by atoms with Crippen molar-refractivity contribution in [1.82, 2.24) is 4.98 Å². The summed E-state index contributed by atoms with van der Waals surface area (Å²) in [7, 11) is 3.95. The normalized spacial score (nSPS) is 11.2. The Labute approximate surface area is 189 Å². The minimum atomic E-state index is -0.548. The second kappa shape index (κ2) is 8.99. The fraction of sp³-hybridized carbons (Fsp3) is 0.167. The highest BCUT2D eigenvalue weighted by atomic mass is 16.6. The quantitative estimate of drug-likeness (QED) is 0.232. The van der Waals surface area contributed by atoms with Crippen molar-refractivity contribution in [3.05, 3.63) is 70.3 Å². The molecule has 0 aliphatic rings. The van der Waals surface area contributed by atoms with Gasteiger partial charge in [-0.15, -0.1) is 0 Å². The lowest BCUT2D eigenvalue weighted by molar-refractivity contribution is -0.385. The van der Waals surface area contributed by atoms with Gasteiger partial charge in [0.2, 0.25) is 5.89 Å². The summed E-state index contributed by atoms with van der Waals surface area (Å²) >= 11 is 0. The summed E-state index contributed by atoms with van der Waals surface area (Å²) in [6.45, 7) is 1.98. The lowest BCUT2D eigenvalue weighted by Gasteiger charge is -2.11. The van der Waals surface area contributed by atoms with Gasteiger partial charge in [-0.2, -0.15) is 0 Å². The van der Waals surface area contributed by atoms with Crippen molar-refractivity contribution >= 4 is 34.4 Å². The van der Waals surface area contributed by atoms with Crippen LogP contribution in [0.2, 0.25) is 0 Å². The summed E-state index contributed by atoms with van der Waals surface area (Å²) in [5.74, 6) is 0.316. The van der Waals surface area contributed by atoms with E-state index >= 15 is 0 Å². The Balaban J connectivity index is 1.64. The summed E-state index contributed by atoms with van der Waals surface area (Å²) in [4.78, 5) is 21.6. The van der Waals surface area contributed by atoms with Gasteiger partial charge in [-0.1, -0.05) is 0 Å². The fourth-order valence-corrected chi connectivity index (χ4v) is 3.25. The predicted molar refractivity (Wildman–Crippen MR) is 127 cm³/mol. The molecule has 0 saturated heterocycles. The van der Waals surface area contributed by atoms with Crippen LogP contribution in [0.3, 0.4) is 0 Å². The van der Waals surface area contributed by atoms with Crippen molar-refractivity contribution in [2.75, 3.05) is 25.6 Å². The molecule has 9 heteroatoms. The Morgan fingerprint density at radius 3 is 2.61 bits per heavy atom. The van der Waals surface area contributed by atoms with Crippen molar-refractivity contribution in [2.24, 2.45) is 4.99 Å². The van der Waals surface area contributed by atoms with E-state index in [1.807, 2.05) is 43.3 Å². The fourth-order valence-electron chi connectivity index (χ4n) is 3.25. The molecule has 9 nitrogen and oxygen atoms in total. The Morgan fingerprint density at radius 2 is 1.94 bits per heavy atom. The molecule has 33 heavy (non-hydrogen) atoms. The van der Waals surface area contributed by atoms with E-state index in [-0.39, 0.29) is 29.4 Å². The number of fused-ring (bicyclic) bond motifs is 1. The maximum Gasteiger partial charge on any atom is 0.274 e. The highest BCUT2D eigenvalue weighted by molar-refractivity contribution is 5.89. The molecule has 0 fully saturated rings. The lowest BCUT2D eigenvalue weighted by Crippen LogP contribution is -2.07. The lowest BCUT2D eigenvalue weighted by atomic mass is 10.1. The predicted octanol–water partition coefficient (Wildman–Crippen LogP) is 5.32. The average molecular weight is 446 g/mol. The first-order valence-corrected chi connectivity index (χ1v) is 10.2. The van der Waals surface area contributed by atoms with E-state index in [0.29, 0.717) is 22.7 Å². The summed E-state index contributed by atoms with van der Waals surface area (Å²) in [6, 6.07) is 15.5. The van der Waals surface area contributed by atoms with Crippen LogP contribution in [0, 0.1) is 10.1 Å². The number of hydrogen-bond donors (Lipinski definition) is 1. The van der Waals surface area contributed by atoms with Gasteiger partial charge in [-0.3, -0.25) is 15.1 Å². The molecule has 1 heterocycles. The number of nitro benzene ring substituents is 1. The first-order valence-electron chi connectivity index (χ1n) is 10.2. The van der Waals surface area contributed by atoms with E-state index < -0.39 is 4.92 Å². The summed E-state index contributed by atoms with van der Waals surface area (Å²) in [5, 5.41) is 21.6. The molecule has 4 aromatic rings. The molecule has 0 aliphatic carbocycles. The second-order valence-electron chi connectivity index (χ2n) is 7.44. The molecule has 0 amide bonds. The van der Waals surface area contributed by atoms with Crippen molar-refractivity contribution in [3.8, 4) is 23.0 Å². The first-order chi connectivity index (χ1) is 15.9. The van der Waals surface area contributed by atoms with E-state index in [1.54, 1.807) is 25.1 Å². The third kappa shape index (κ3) is 4.62. The van der Waals surface area contributed by atoms with Crippen LogP contribution >= 0.6 is 0 Å². The number of non-ortho nitro benzene ring substituents is 1. The van der Waals surface area contributed by atoms with Crippen LogP contribution in [0.1, 0.15) is 12.5 Å². The molecule has 0 spiro atoms. The number of aromatic hydroxyl groups is 1. The van der Waals surface area contributed by atoms with Crippen molar-refractivity contribution in [2.45, 2.75) is 6.92 Å². The maximum absolute atomic E-state index is 11.2. The van der Waals surface area contributed by atoms with Crippen LogP contribution in [0.25, 0.3) is 22.6 Å². The monoisotopic (exact) mass is 446 g/mol. The van der Waals surface area contributed by atoms with Crippen LogP contribution in [0.5, 0.6) is 11.5 Å². The zero-order valence-corrected chi connectivity index (χ0v) is 18.3. The molecule has 168 valence electrons. The molecular formula is C24H22N4O5. The van der Waals surface area contributed by atoms with Crippen LogP contribution in [0.15, 0.2) is 64.0 Å². The van der Waals surface area contributed by atoms with E-state index in [9.17, 15) is 15.2 Å². The van der Waals surface area contributed by atoms with E-state index in [1.165, 1.54) is 18.3 Å². The Hall–Kier alpha value is -4.40. The molecular weight excluding hydrogens is 424 g/mol. The van der Waals surface area contributed by atoms with Gasteiger partial charge in [0.15, 0.2) is 17.1 Å². The molecule has 4 rings (SSSR count). The van der Waals surface area contributed by atoms with Gasteiger partial charge < -0.3 is 19.2 Å². The highest BCUT2D eigenvalue weighted by Gasteiger charge is 2.16. The van der Waals surface area contributed by atoms with Gasteiger partial charge in [-0.25, -0.2) is 4.98 Å². The number of aliphatic imine (C=N–C) groups is 1. The van der Waals surface area contributed by atoms with Gasteiger partial charge in [0.1, 0.15) is 5.52 Å². The second-order valence-corrected chi connectivity index (χ2v) is 7.44. The molecule has 1 aromatic heterocycles. The molecule has 0 bridgehead atoms. The minimum absolute atomic E-state index is 0.0324. The highest BCUT2D eigenvalue weighted by Crippen LogP contribution is 2.34. The van der Waals surface area contributed by atoms with E-state index in [4.69, 9.17) is 9.15 Å². The van der Waals surface area contributed by atoms with Gasteiger partial charge in [0, 0.05) is 43.2 Å². The zero-order chi connectivity index (χ0) is 23.5. The summed E-state index contributed by atoms with van der Waals surface area (Å²) in [6.07, 6.45) is 1.35. The van der Waals surface area contributed by atoms with E-state index in [0.717, 1.165) is 11.3 Å². The van der Waals surface area contributed by atoms with Crippen molar-refractivity contribution < 1.29 is 19.2 Å². The SMILES string of the molecule is CCOc1cc([N+](=O)[O-])cc(C=Nc2ccc3oc(-c4ccc(N(C)C)cc4)nc3c2)c1O. The number of nitrogens with zero attached hydrogens (tertiary/aromatic N) is 4. The van der Waals surface area contributed by atoms with Crippen molar-refractivity contribution in [3.63, 3.8) is 0 Å². The largest absolute Gasteiger partial charge is 0.504 e. The summed E-state index contributed by atoms with van der Waals surface area (Å²) < 4.78 is 11.2. The summed E-state index contributed by atoms with van der Waals surface area (Å²) in [5.41, 5.74) is 3.68. The molecule has 0 atom stereocenters. The topological polar surface area (TPSA) is 114 Å². The third-order valence-electron chi connectivity index (χ3n) is 4.95. The van der Waals surface area contributed by atoms with Gasteiger partial charge >= 0.3 is 0 Å². The van der Waals surface area contributed by atoms with Crippen LogP contribution < -0.4 is 9.64 Å². The number of ether oxygens (including phenoxy) is 1. The minimum Gasteiger partial charge on any atom is -0.504 e. The van der Waals surface area contributed by atoms with Gasteiger partial charge in [0.05, 0.1) is 23.3 Å².